The van der Waals surface area contributed by atoms with Gasteiger partial charge in [0.15, 0.2) is 0 Å². The Labute approximate surface area is 181 Å². The molecule has 1 aliphatic carbocycles. The average molecular weight is 422 g/mol. The number of carboxylic acids is 1. The highest BCUT2D eigenvalue weighted by atomic mass is 16.5. The zero-order valence-corrected chi connectivity index (χ0v) is 17.6. The monoisotopic (exact) mass is 422 g/mol. The second-order valence-corrected chi connectivity index (χ2v) is 8.75. The summed E-state index contributed by atoms with van der Waals surface area (Å²) in [7, 11) is 0. The third-order valence-electron chi connectivity index (χ3n) is 6.00. The average Bonchev–Trinajstić information content (AvgIpc) is 3.02. The van der Waals surface area contributed by atoms with Crippen LogP contribution in [0.25, 0.3) is 11.1 Å². The summed E-state index contributed by atoms with van der Waals surface area (Å²) < 4.78 is 5.53. The summed E-state index contributed by atoms with van der Waals surface area (Å²) in [5, 5.41) is 11.5. The molecule has 2 amide bonds. The molecule has 2 aromatic rings. The van der Waals surface area contributed by atoms with E-state index in [0.29, 0.717) is 13.1 Å². The standard InChI is InChI=1S/C24H26N2O5/c1-24(2,22(29)26-12-15(13-26)11-21(27)28)25-23(30)31-14-20-18-9-5-3-7-16(18)17-8-4-6-10-19(17)20/h3-10,15,20H,11-14H2,1-2H3,(H,25,30)(H,27,28). The van der Waals surface area contributed by atoms with Crippen LogP contribution in [0, 0.1) is 5.92 Å². The molecule has 1 saturated heterocycles. The first-order valence-electron chi connectivity index (χ1n) is 10.4. The quantitative estimate of drug-likeness (QED) is 0.745. The minimum absolute atomic E-state index is 0.0355. The van der Waals surface area contributed by atoms with Crippen molar-refractivity contribution < 1.29 is 24.2 Å². The largest absolute Gasteiger partial charge is 0.481 e. The molecule has 2 N–H and O–H groups in total. The van der Waals surface area contributed by atoms with Crippen LogP contribution in [-0.2, 0) is 14.3 Å². The van der Waals surface area contributed by atoms with Crippen molar-refractivity contribution >= 4 is 18.0 Å². The number of alkyl carbamates (subject to hydrolysis) is 1. The number of nitrogens with zero attached hydrogens (tertiary/aromatic N) is 1. The van der Waals surface area contributed by atoms with Crippen LogP contribution in [0.5, 0.6) is 0 Å². The Morgan fingerprint density at radius 2 is 1.58 bits per heavy atom. The topological polar surface area (TPSA) is 95.9 Å². The zero-order valence-electron chi connectivity index (χ0n) is 17.6. The number of amides is 2. The molecule has 0 atom stereocenters. The van der Waals surface area contributed by atoms with Gasteiger partial charge in [-0.15, -0.1) is 0 Å². The molecule has 2 aliphatic rings. The van der Waals surface area contributed by atoms with Gasteiger partial charge in [-0.2, -0.15) is 0 Å². The van der Waals surface area contributed by atoms with Crippen LogP contribution in [0.1, 0.15) is 37.3 Å². The lowest BCUT2D eigenvalue weighted by molar-refractivity contribution is -0.148. The lowest BCUT2D eigenvalue weighted by Crippen LogP contribution is -2.61. The first-order valence-corrected chi connectivity index (χ1v) is 10.4. The van der Waals surface area contributed by atoms with E-state index in [0.717, 1.165) is 22.3 Å². The van der Waals surface area contributed by atoms with Crippen LogP contribution in [-0.4, -0.2) is 53.2 Å². The number of hydrogen-bond donors (Lipinski definition) is 2. The second-order valence-electron chi connectivity index (χ2n) is 8.75. The molecule has 31 heavy (non-hydrogen) atoms. The molecule has 0 bridgehead atoms. The van der Waals surface area contributed by atoms with Gasteiger partial charge in [0.2, 0.25) is 5.91 Å². The van der Waals surface area contributed by atoms with Crippen LogP contribution in [0.4, 0.5) is 4.79 Å². The molecule has 162 valence electrons. The SMILES string of the molecule is CC(C)(NC(=O)OCC1c2ccccc2-c2ccccc21)C(=O)N1CC(CC(=O)O)C1. The fourth-order valence-electron chi connectivity index (χ4n) is 4.45. The number of aliphatic carboxylic acids is 1. The first kappa shape index (κ1) is 20.9. The van der Waals surface area contributed by atoms with Gasteiger partial charge < -0.3 is 20.1 Å². The number of carbonyl (C=O) groups is 3. The van der Waals surface area contributed by atoms with E-state index in [4.69, 9.17) is 9.84 Å². The highest BCUT2D eigenvalue weighted by Crippen LogP contribution is 2.44. The van der Waals surface area contributed by atoms with E-state index in [1.807, 2.05) is 36.4 Å². The Balaban J connectivity index is 1.35. The minimum atomic E-state index is -1.14. The predicted octanol–water partition coefficient (Wildman–Crippen LogP) is 3.24. The van der Waals surface area contributed by atoms with Gasteiger partial charge >= 0.3 is 12.1 Å². The fraction of sp³-hybridized carbons (Fsp3) is 0.375. The van der Waals surface area contributed by atoms with Crippen molar-refractivity contribution in [3.63, 3.8) is 0 Å². The van der Waals surface area contributed by atoms with Crippen LogP contribution in [0.15, 0.2) is 48.5 Å². The molecule has 0 spiro atoms. The number of hydrogen-bond acceptors (Lipinski definition) is 4. The number of carboxylic acid groups (broad SMARTS) is 1. The lowest BCUT2D eigenvalue weighted by atomic mass is 9.93. The van der Waals surface area contributed by atoms with Gasteiger partial charge in [0.1, 0.15) is 12.1 Å². The summed E-state index contributed by atoms with van der Waals surface area (Å²) in [4.78, 5) is 37.6. The van der Waals surface area contributed by atoms with Crippen molar-refractivity contribution in [3.8, 4) is 11.1 Å². The molecule has 2 aromatic carbocycles. The van der Waals surface area contributed by atoms with Gasteiger partial charge in [-0.3, -0.25) is 9.59 Å². The molecule has 4 rings (SSSR count). The smallest absolute Gasteiger partial charge is 0.408 e. The molecule has 1 fully saturated rings. The van der Waals surface area contributed by atoms with E-state index in [-0.39, 0.29) is 30.8 Å². The Kier molecular flexibility index (Phi) is 5.43. The summed E-state index contributed by atoms with van der Waals surface area (Å²) in [5.41, 5.74) is 3.40. The molecule has 0 aromatic heterocycles. The van der Waals surface area contributed by atoms with Crippen LogP contribution in [0.2, 0.25) is 0 Å². The summed E-state index contributed by atoms with van der Waals surface area (Å²) in [6.45, 7) is 4.21. The maximum Gasteiger partial charge on any atom is 0.408 e. The molecule has 7 nitrogen and oxygen atoms in total. The third kappa shape index (κ3) is 4.13. The number of carbonyl (C=O) groups excluding carboxylic acids is 2. The van der Waals surface area contributed by atoms with Gasteiger partial charge in [0.05, 0.1) is 6.42 Å². The van der Waals surface area contributed by atoms with E-state index in [1.54, 1.807) is 18.7 Å². The Morgan fingerprint density at radius 1 is 1.03 bits per heavy atom. The molecule has 0 unspecified atom stereocenters. The molecular weight excluding hydrogens is 396 g/mol. The number of nitrogens with one attached hydrogen (secondary N) is 1. The lowest BCUT2D eigenvalue weighted by Gasteiger charge is -2.42. The Morgan fingerprint density at radius 3 is 2.13 bits per heavy atom. The van der Waals surface area contributed by atoms with E-state index >= 15 is 0 Å². The van der Waals surface area contributed by atoms with Crippen LogP contribution in [0.3, 0.4) is 0 Å². The molecule has 0 saturated carbocycles. The van der Waals surface area contributed by atoms with E-state index in [9.17, 15) is 14.4 Å². The maximum atomic E-state index is 12.7. The van der Waals surface area contributed by atoms with Crippen molar-refractivity contribution in [2.75, 3.05) is 19.7 Å². The molecule has 1 heterocycles. The highest BCUT2D eigenvalue weighted by Gasteiger charge is 2.40. The van der Waals surface area contributed by atoms with Crippen molar-refractivity contribution in [3.05, 3.63) is 59.7 Å². The number of fused-ring (bicyclic) bond motifs is 3. The predicted molar refractivity (Wildman–Crippen MR) is 115 cm³/mol. The Bertz CT molecular complexity index is 981. The maximum absolute atomic E-state index is 12.7. The fourth-order valence-corrected chi connectivity index (χ4v) is 4.45. The number of rotatable bonds is 6. The van der Waals surface area contributed by atoms with Crippen molar-refractivity contribution in [2.24, 2.45) is 5.92 Å². The minimum Gasteiger partial charge on any atom is -0.481 e. The number of ether oxygens (including phenoxy) is 1. The highest BCUT2D eigenvalue weighted by molar-refractivity contribution is 5.90. The number of benzene rings is 2. The molecule has 1 aliphatic heterocycles. The Hall–Kier alpha value is -3.35. The first-order chi connectivity index (χ1) is 14.8. The van der Waals surface area contributed by atoms with Crippen molar-refractivity contribution in [1.82, 2.24) is 10.2 Å². The molecular formula is C24H26N2O5. The van der Waals surface area contributed by atoms with Crippen LogP contribution >= 0.6 is 0 Å². The van der Waals surface area contributed by atoms with E-state index < -0.39 is 17.6 Å². The van der Waals surface area contributed by atoms with E-state index in [1.165, 1.54) is 0 Å². The normalized spacial score (nSPS) is 15.6. The summed E-state index contributed by atoms with van der Waals surface area (Å²) >= 11 is 0. The van der Waals surface area contributed by atoms with Gasteiger partial charge in [0, 0.05) is 24.9 Å². The summed E-state index contributed by atoms with van der Waals surface area (Å²) in [5.74, 6) is -1.20. The second kappa shape index (κ2) is 8.06. The van der Waals surface area contributed by atoms with Crippen molar-refractivity contribution in [2.45, 2.75) is 31.7 Å². The zero-order chi connectivity index (χ0) is 22.2. The third-order valence-corrected chi connectivity index (χ3v) is 6.00. The van der Waals surface area contributed by atoms with Gasteiger partial charge in [-0.25, -0.2) is 4.79 Å². The van der Waals surface area contributed by atoms with Gasteiger partial charge in [0.25, 0.3) is 0 Å². The summed E-state index contributed by atoms with van der Waals surface area (Å²) in [6.07, 6.45) is -0.605. The van der Waals surface area contributed by atoms with E-state index in [2.05, 4.69) is 17.4 Å². The van der Waals surface area contributed by atoms with Gasteiger partial charge in [-0.05, 0) is 36.1 Å². The van der Waals surface area contributed by atoms with Crippen LogP contribution < -0.4 is 5.32 Å². The molecule has 7 heteroatoms. The molecule has 0 radical (unpaired) electrons. The number of likely N-dealkylation sites (tertiary alicyclic amines) is 1. The van der Waals surface area contributed by atoms with Gasteiger partial charge in [-0.1, -0.05) is 48.5 Å². The summed E-state index contributed by atoms with van der Waals surface area (Å²) in [6, 6.07) is 16.2. The van der Waals surface area contributed by atoms with Crippen molar-refractivity contribution in [1.29, 1.82) is 0 Å².